The van der Waals surface area contributed by atoms with Crippen LogP contribution in [0, 0.1) is 11.8 Å². The minimum absolute atomic E-state index is 0.00352. The van der Waals surface area contributed by atoms with E-state index in [0.29, 0.717) is 6.07 Å². The Morgan fingerprint density at radius 3 is 2.23 bits per heavy atom. The summed E-state index contributed by atoms with van der Waals surface area (Å²) < 4.78 is 59.9. The van der Waals surface area contributed by atoms with Gasteiger partial charge in [-0.3, -0.25) is 0 Å². The zero-order valence-electron chi connectivity index (χ0n) is 19.4. The molecule has 0 spiro atoms. The number of alkyl halides is 3. The molecule has 1 aromatic heterocycles. The molecule has 0 atom stereocenters. The molecule has 35 heavy (non-hydrogen) atoms. The number of benzene rings is 1. The Labute approximate surface area is 198 Å². The van der Waals surface area contributed by atoms with Crippen molar-refractivity contribution < 1.29 is 46.5 Å². The molecule has 0 N–H and O–H groups in total. The van der Waals surface area contributed by atoms with E-state index in [1.54, 1.807) is 27.7 Å². The van der Waals surface area contributed by atoms with E-state index in [2.05, 4.69) is 14.8 Å². The number of ether oxygens (including phenoxy) is 4. The van der Waals surface area contributed by atoms with Gasteiger partial charge in [0.1, 0.15) is 12.1 Å². The van der Waals surface area contributed by atoms with Gasteiger partial charge >= 0.3 is 24.5 Å². The molecule has 1 heterocycles. The minimum Gasteiger partial charge on any atom is -0.434 e. The second-order valence-electron chi connectivity index (χ2n) is 8.04. The Morgan fingerprint density at radius 2 is 1.63 bits per heavy atom. The summed E-state index contributed by atoms with van der Waals surface area (Å²) in [4.78, 5) is 38.7. The van der Waals surface area contributed by atoms with E-state index in [1.807, 2.05) is 0 Å². The molecule has 0 saturated heterocycles. The van der Waals surface area contributed by atoms with E-state index in [4.69, 9.17) is 14.2 Å². The minimum atomic E-state index is -4.74. The number of halogens is 3. The van der Waals surface area contributed by atoms with Gasteiger partial charge in [0.25, 0.3) is 0 Å². The summed E-state index contributed by atoms with van der Waals surface area (Å²) in [6, 6.07) is 2.55. The highest BCUT2D eigenvalue weighted by Crippen LogP contribution is 2.35. The zero-order chi connectivity index (χ0) is 26.2. The number of carbonyl (C=O) groups is 3. The van der Waals surface area contributed by atoms with E-state index in [1.165, 1.54) is 0 Å². The first kappa shape index (κ1) is 27.3. The van der Waals surface area contributed by atoms with Gasteiger partial charge in [0.05, 0.1) is 18.8 Å². The largest absolute Gasteiger partial charge is 0.516 e. The van der Waals surface area contributed by atoms with Crippen LogP contribution in [-0.4, -0.2) is 46.3 Å². The molecule has 0 bridgehead atoms. The lowest BCUT2D eigenvalue weighted by atomic mass is 10.1. The van der Waals surface area contributed by atoms with Gasteiger partial charge in [0.15, 0.2) is 5.82 Å². The van der Waals surface area contributed by atoms with Gasteiger partial charge in [0, 0.05) is 17.8 Å². The van der Waals surface area contributed by atoms with E-state index < -0.39 is 35.8 Å². The maximum atomic E-state index is 13.4. The third kappa shape index (κ3) is 9.47. The number of nitrogens with zero attached hydrogens (tertiary/aromatic N) is 3. The fourth-order valence-electron chi connectivity index (χ4n) is 2.31. The summed E-state index contributed by atoms with van der Waals surface area (Å²) in [7, 11) is 0. The van der Waals surface area contributed by atoms with Crippen LogP contribution in [0.2, 0.25) is 0 Å². The van der Waals surface area contributed by atoms with Gasteiger partial charge in [-0.1, -0.05) is 27.7 Å². The monoisotopic (exact) mass is 499 g/mol. The second-order valence-corrected chi connectivity index (χ2v) is 8.04. The van der Waals surface area contributed by atoms with Crippen molar-refractivity contribution in [3.8, 4) is 17.1 Å². The summed E-state index contributed by atoms with van der Waals surface area (Å²) in [6.07, 6.45) is -4.05. The van der Waals surface area contributed by atoms with Gasteiger partial charge in [-0.25, -0.2) is 24.0 Å². The fourth-order valence-corrected chi connectivity index (χ4v) is 2.31. The molecule has 0 unspecified atom stereocenters. The first-order valence-corrected chi connectivity index (χ1v) is 10.4. The van der Waals surface area contributed by atoms with Crippen molar-refractivity contribution in [2.24, 2.45) is 11.8 Å². The van der Waals surface area contributed by atoms with Crippen LogP contribution in [-0.2, 0) is 25.2 Å². The molecule has 0 aliphatic heterocycles. The highest BCUT2D eigenvalue weighted by Gasteiger charge is 2.32. The lowest BCUT2D eigenvalue weighted by Gasteiger charge is -2.12. The van der Waals surface area contributed by atoms with Gasteiger partial charge in [-0.05, 0) is 30.0 Å². The highest BCUT2D eigenvalue weighted by atomic mass is 19.4. The maximum Gasteiger partial charge on any atom is 0.516 e. The van der Waals surface area contributed by atoms with E-state index >= 15 is 0 Å². The summed E-state index contributed by atoms with van der Waals surface area (Å²) in [6.45, 7) is 7.26. The molecule has 2 rings (SSSR count). The average Bonchev–Trinajstić information content (AvgIpc) is 3.23. The first-order valence-electron chi connectivity index (χ1n) is 10.4. The zero-order valence-corrected chi connectivity index (χ0v) is 19.4. The van der Waals surface area contributed by atoms with Crippen molar-refractivity contribution in [2.75, 3.05) is 13.2 Å². The first-order chi connectivity index (χ1) is 16.3. The number of esters is 1. The number of hydrogen-bond donors (Lipinski definition) is 0. The molecular weight excluding hydrogens is 475 g/mol. The van der Waals surface area contributed by atoms with Crippen LogP contribution >= 0.6 is 0 Å². The molecular formula is C22H24F3N3O7. The average molecular weight is 499 g/mol. The summed E-state index contributed by atoms with van der Waals surface area (Å²) >= 11 is 0. The Balaban J connectivity index is 2.16. The standard InChI is InChI=1S/C22H24F3N3O7/c1-13(2)10-32-20(30)34-17-8-15(7-16(9-17)22(23,24)25)19-26-12-28(27-19)6-5-18(29)35-21(31)33-11-14(3)4/h5-9,12-14H,10-11H2,1-4H3. The lowest BCUT2D eigenvalue weighted by Crippen LogP contribution is -2.15. The van der Waals surface area contributed by atoms with Crippen LogP contribution in [0.3, 0.4) is 0 Å². The van der Waals surface area contributed by atoms with Crippen molar-refractivity contribution in [1.82, 2.24) is 14.8 Å². The number of rotatable bonds is 8. The van der Waals surface area contributed by atoms with E-state index in [9.17, 15) is 27.6 Å². The van der Waals surface area contributed by atoms with E-state index in [0.717, 1.165) is 35.4 Å². The molecule has 10 nitrogen and oxygen atoms in total. The lowest BCUT2D eigenvalue weighted by molar-refractivity contribution is -0.137. The Morgan fingerprint density at radius 1 is 1.00 bits per heavy atom. The van der Waals surface area contributed by atoms with Crippen LogP contribution < -0.4 is 4.74 Å². The third-order valence-electron chi connectivity index (χ3n) is 3.82. The predicted octanol–water partition coefficient (Wildman–Crippen LogP) is 4.94. The molecule has 13 heteroatoms. The van der Waals surface area contributed by atoms with Gasteiger partial charge < -0.3 is 18.9 Å². The summed E-state index contributed by atoms with van der Waals surface area (Å²) in [5.74, 6) is -1.58. The van der Waals surface area contributed by atoms with Crippen LogP contribution in [0.1, 0.15) is 33.3 Å². The summed E-state index contributed by atoms with van der Waals surface area (Å²) in [5.41, 5.74) is -1.21. The molecule has 0 amide bonds. The number of hydrogen-bond acceptors (Lipinski definition) is 9. The smallest absolute Gasteiger partial charge is 0.434 e. The Bertz CT molecular complexity index is 1080. The predicted molar refractivity (Wildman–Crippen MR) is 115 cm³/mol. The quantitative estimate of drug-likeness (QED) is 0.215. The van der Waals surface area contributed by atoms with Crippen LogP contribution in [0.5, 0.6) is 5.75 Å². The topological polar surface area (TPSA) is 119 Å². The second kappa shape index (κ2) is 12.0. The van der Waals surface area contributed by atoms with Gasteiger partial charge in [0.2, 0.25) is 0 Å². The summed E-state index contributed by atoms with van der Waals surface area (Å²) in [5, 5.41) is 3.95. The maximum absolute atomic E-state index is 13.4. The molecule has 2 aromatic rings. The SMILES string of the molecule is CC(C)COC(=O)OC(=O)C=Cn1cnc(-c2cc(OC(=O)OCC(C)C)cc(C(F)(F)F)c2)n1. The van der Waals surface area contributed by atoms with E-state index in [-0.39, 0.29) is 36.4 Å². The van der Waals surface area contributed by atoms with Crippen LogP contribution in [0.15, 0.2) is 30.6 Å². The van der Waals surface area contributed by atoms with Crippen LogP contribution in [0.4, 0.5) is 22.8 Å². The van der Waals surface area contributed by atoms with Crippen LogP contribution in [0.25, 0.3) is 17.6 Å². The molecule has 0 aliphatic rings. The van der Waals surface area contributed by atoms with Crippen molar-refractivity contribution in [1.29, 1.82) is 0 Å². The Kier molecular flexibility index (Phi) is 9.37. The molecule has 190 valence electrons. The number of carbonyl (C=O) groups excluding carboxylic acids is 3. The molecule has 0 saturated carbocycles. The Hall–Kier alpha value is -3.90. The molecule has 0 fully saturated rings. The molecule has 0 radical (unpaired) electrons. The van der Waals surface area contributed by atoms with Gasteiger partial charge in [-0.2, -0.15) is 13.2 Å². The highest BCUT2D eigenvalue weighted by molar-refractivity contribution is 5.91. The number of aromatic nitrogens is 3. The fraction of sp³-hybridized carbons (Fsp3) is 0.409. The van der Waals surface area contributed by atoms with Crippen molar-refractivity contribution in [3.05, 3.63) is 36.2 Å². The normalized spacial score (nSPS) is 11.7. The van der Waals surface area contributed by atoms with Crippen molar-refractivity contribution >= 4 is 24.5 Å². The van der Waals surface area contributed by atoms with Crippen molar-refractivity contribution in [3.63, 3.8) is 0 Å². The van der Waals surface area contributed by atoms with Crippen molar-refractivity contribution in [2.45, 2.75) is 33.9 Å². The third-order valence-corrected chi connectivity index (χ3v) is 3.82. The molecule has 0 aliphatic carbocycles. The van der Waals surface area contributed by atoms with Gasteiger partial charge in [-0.15, -0.1) is 5.10 Å². The molecule has 1 aromatic carbocycles.